The number of hydrogen-bond donors (Lipinski definition) is 0. The fourth-order valence-corrected chi connectivity index (χ4v) is 4.68. The van der Waals surface area contributed by atoms with E-state index >= 15 is 0 Å². The van der Waals surface area contributed by atoms with Crippen LogP contribution in [-0.4, -0.2) is 39.1 Å². The summed E-state index contributed by atoms with van der Waals surface area (Å²) < 4.78 is 26.3. The van der Waals surface area contributed by atoms with E-state index in [0.717, 1.165) is 34.5 Å². The smallest absolute Gasteiger partial charge is 0.200 e. The van der Waals surface area contributed by atoms with Crippen LogP contribution in [0.1, 0.15) is 38.4 Å². The van der Waals surface area contributed by atoms with Gasteiger partial charge in [0.15, 0.2) is 0 Å². The molecule has 0 fully saturated rings. The first-order valence-corrected chi connectivity index (χ1v) is 11.1. The zero-order valence-corrected chi connectivity index (χ0v) is 18.6. The number of pyridine rings is 1. The van der Waals surface area contributed by atoms with Gasteiger partial charge < -0.3 is 14.0 Å². The van der Waals surface area contributed by atoms with Crippen molar-refractivity contribution in [1.29, 1.82) is 0 Å². The van der Waals surface area contributed by atoms with E-state index in [1.807, 2.05) is 37.3 Å². The number of imidazole rings is 1. The molecule has 29 heavy (non-hydrogen) atoms. The molecular weight excluding hydrogens is 386 g/mol. The Labute approximate surface area is 174 Å². The molecule has 0 saturated heterocycles. The van der Waals surface area contributed by atoms with E-state index in [-0.39, 0.29) is 5.54 Å². The zero-order chi connectivity index (χ0) is 21.0. The average molecular weight is 416 g/mol. The number of ether oxygens (including phenoxy) is 2. The largest absolute Gasteiger partial charge is 0.493 e. The lowest BCUT2D eigenvalue weighted by Crippen LogP contribution is -2.24. The summed E-state index contributed by atoms with van der Waals surface area (Å²) in [5, 5.41) is 0.575. The Kier molecular flexibility index (Phi) is 6.70. The van der Waals surface area contributed by atoms with Crippen LogP contribution >= 0.6 is 0 Å². The van der Waals surface area contributed by atoms with Crippen LogP contribution in [-0.2, 0) is 26.8 Å². The first-order chi connectivity index (χ1) is 13.8. The van der Waals surface area contributed by atoms with Crippen molar-refractivity contribution in [1.82, 2.24) is 14.5 Å². The highest BCUT2D eigenvalue weighted by molar-refractivity contribution is 7.84. The van der Waals surface area contributed by atoms with E-state index in [4.69, 9.17) is 9.47 Å². The molecule has 0 aliphatic carbocycles. The van der Waals surface area contributed by atoms with Gasteiger partial charge in [-0.15, -0.1) is 0 Å². The highest BCUT2D eigenvalue weighted by atomic mass is 32.2. The minimum Gasteiger partial charge on any atom is -0.493 e. The first kappa shape index (κ1) is 21.5. The molecule has 3 rings (SSSR count). The second-order valence-electron chi connectivity index (χ2n) is 7.95. The van der Waals surface area contributed by atoms with Crippen LogP contribution in [0.4, 0.5) is 0 Å². The highest BCUT2D eigenvalue weighted by Gasteiger charge is 2.25. The standard InChI is InChI=1S/C22H29N3O3S/c1-16-18(23-12-11-20(16)28-14-8-13-27-5)15-29(26)21-24-17-9-6-7-10-19(17)25(21)22(2,3)4/h6-7,9-12H,8,13-15H2,1-5H3. The van der Waals surface area contributed by atoms with Gasteiger partial charge in [0.05, 0.1) is 39.9 Å². The van der Waals surface area contributed by atoms with Gasteiger partial charge in [0.25, 0.3) is 0 Å². The number of rotatable bonds is 8. The van der Waals surface area contributed by atoms with E-state index in [9.17, 15) is 4.21 Å². The summed E-state index contributed by atoms with van der Waals surface area (Å²) in [6, 6.07) is 9.75. The summed E-state index contributed by atoms with van der Waals surface area (Å²) in [5.41, 5.74) is 3.28. The van der Waals surface area contributed by atoms with Crippen molar-refractivity contribution < 1.29 is 13.7 Å². The molecular formula is C22H29N3O3S. The van der Waals surface area contributed by atoms with E-state index in [1.54, 1.807) is 13.3 Å². The number of hydrogen-bond acceptors (Lipinski definition) is 5. The average Bonchev–Trinajstić information content (AvgIpc) is 3.08. The number of nitrogens with zero attached hydrogens (tertiary/aromatic N) is 3. The minimum atomic E-state index is -1.34. The Hall–Kier alpha value is -2.25. The number of fused-ring (bicyclic) bond motifs is 1. The Bertz CT molecular complexity index is 1010. The molecule has 1 aromatic carbocycles. The van der Waals surface area contributed by atoms with Crippen molar-refractivity contribution >= 4 is 21.8 Å². The molecule has 0 amide bonds. The first-order valence-electron chi connectivity index (χ1n) is 9.75. The highest BCUT2D eigenvalue weighted by Crippen LogP contribution is 2.28. The predicted molar refractivity (Wildman–Crippen MR) is 116 cm³/mol. The van der Waals surface area contributed by atoms with E-state index in [2.05, 4.69) is 35.3 Å². The van der Waals surface area contributed by atoms with Gasteiger partial charge in [-0.1, -0.05) is 12.1 Å². The summed E-state index contributed by atoms with van der Waals surface area (Å²) in [5.74, 6) is 1.06. The normalized spacial score (nSPS) is 13.0. The van der Waals surface area contributed by atoms with E-state index in [0.29, 0.717) is 24.1 Å². The summed E-state index contributed by atoms with van der Waals surface area (Å²) in [6.45, 7) is 9.47. The Morgan fingerprint density at radius 1 is 1.14 bits per heavy atom. The topological polar surface area (TPSA) is 66.2 Å². The predicted octanol–water partition coefficient (Wildman–Crippen LogP) is 4.22. The van der Waals surface area contributed by atoms with Gasteiger partial charge in [-0.3, -0.25) is 9.19 Å². The number of aromatic nitrogens is 3. The van der Waals surface area contributed by atoms with Crippen molar-refractivity contribution in [2.75, 3.05) is 20.3 Å². The van der Waals surface area contributed by atoms with Gasteiger partial charge in [0.2, 0.25) is 5.16 Å². The lowest BCUT2D eigenvalue weighted by molar-refractivity contribution is 0.172. The van der Waals surface area contributed by atoms with Crippen molar-refractivity contribution in [3.8, 4) is 5.75 Å². The molecule has 0 spiro atoms. The van der Waals surface area contributed by atoms with E-state index in [1.165, 1.54) is 0 Å². The molecule has 1 unspecified atom stereocenters. The molecule has 3 aromatic rings. The third kappa shape index (κ3) is 4.85. The third-order valence-electron chi connectivity index (χ3n) is 4.68. The van der Waals surface area contributed by atoms with Gasteiger partial charge in [-0.2, -0.15) is 0 Å². The second-order valence-corrected chi connectivity index (χ2v) is 9.30. The van der Waals surface area contributed by atoms with Gasteiger partial charge in [0.1, 0.15) is 5.75 Å². The molecule has 0 bridgehead atoms. The Morgan fingerprint density at radius 3 is 2.62 bits per heavy atom. The van der Waals surface area contributed by atoms with Crippen LogP contribution in [0.2, 0.25) is 0 Å². The molecule has 7 heteroatoms. The van der Waals surface area contributed by atoms with Crippen molar-refractivity contribution in [3.63, 3.8) is 0 Å². The van der Waals surface area contributed by atoms with Gasteiger partial charge in [-0.05, 0) is 45.9 Å². The molecule has 0 aliphatic heterocycles. The molecule has 0 saturated carbocycles. The lowest BCUT2D eigenvalue weighted by atomic mass is 10.1. The number of para-hydroxylation sites is 2. The number of methoxy groups -OCH3 is 1. The van der Waals surface area contributed by atoms with Gasteiger partial charge in [0, 0.05) is 37.4 Å². The molecule has 2 aromatic heterocycles. The monoisotopic (exact) mass is 415 g/mol. The maximum atomic E-state index is 13.3. The van der Waals surface area contributed by atoms with Crippen LogP contribution in [0.25, 0.3) is 11.0 Å². The van der Waals surface area contributed by atoms with Crippen molar-refractivity contribution in [3.05, 3.63) is 47.8 Å². The molecule has 1 atom stereocenters. The maximum absolute atomic E-state index is 13.3. The summed E-state index contributed by atoms with van der Waals surface area (Å²) in [7, 11) is 0.338. The van der Waals surface area contributed by atoms with Crippen molar-refractivity contribution in [2.45, 2.75) is 50.6 Å². The molecule has 0 radical (unpaired) electrons. The zero-order valence-electron chi connectivity index (χ0n) is 17.8. The second kappa shape index (κ2) is 9.05. The fourth-order valence-electron chi connectivity index (χ4n) is 3.24. The quantitative estimate of drug-likeness (QED) is 0.516. The molecule has 6 nitrogen and oxygen atoms in total. The minimum absolute atomic E-state index is 0.240. The Morgan fingerprint density at radius 2 is 1.90 bits per heavy atom. The Balaban J connectivity index is 1.88. The maximum Gasteiger partial charge on any atom is 0.200 e. The van der Waals surface area contributed by atoms with Crippen LogP contribution in [0.3, 0.4) is 0 Å². The number of benzene rings is 1. The van der Waals surface area contributed by atoms with E-state index < -0.39 is 10.8 Å². The summed E-state index contributed by atoms with van der Waals surface area (Å²) in [6.07, 6.45) is 2.52. The van der Waals surface area contributed by atoms with Crippen LogP contribution in [0, 0.1) is 6.92 Å². The molecule has 156 valence electrons. The van der Waals surface area contributed by atoms with Crippen LogP contribution in [0.15, 0.2) is 41.7 Å². The van der Waals surface area contributed by atoms with Gasteiger partial charge >= 0.3 is 0 Å². The van der Waals surface area contributed by atoms with Crippen LogP contribution in [0.5, 0.6) is 5.75 Å². The molecule has 2 heterocycles. The van der Waals surface area contributed by atoms with Crippen molar-refractivity contribution in [2.24, 2.45) is 0 Å². The SMILES string of the molecule is COCCCOc1ccnc(CS(=O)c2nc3ccccc3n2C(C)(C)C)c1C. The third-order valence-corrected chi connectivity index (χ3v) is 5.90. The molecule has 0 N–H and O–H groups in total. The van der Waals surface area contributed by atoms with Crippen LogP contribution < -0.4 is 4.74 Å². The fraction of sp³-hybridized carbons (Fsp3) is 0.455. The summed E-state index contributed by atoms with van der Waals surface area (Å²) in [4.78, 5) is 9.15. The summed E-state index contributed by atoms with van der Waals surface area (Å²) >= 11 is 0. The lowest BCUT2D eigenvalue weighted by Gasteiger charge is -2.24. The molecule has 0 aliphatic rings. The van der Waals surface area contributed by atoms with Gasteiger partial charge in [-0.25, -0.2) is 4.98 Å².